The van der Waals surface area contributed by atoms with Crippen molar-refractivity contribution in [3.8, 4) is 0 Å². The zero-order valence-electron chi connectivity index (χ0n) is 9.94. The van der Waals surface area contributed by atoms with Crippen molar-refractivity contribution < 1.29 is 0 Å². The fraction of sp³-hybridized carbons (Fsp3) is 0.250. The summed E-state index contributed by atoms with van der Waals surface area (Å²) in [7, 11) is 1.79. The van der Waals surface area contributed by atoms with Crippen molar-refractivity contribution in [3.05, 3.63) is 41.7 Å². The van der Waals surface area contributed by atoms with Gasteiger partial charge in [-0.05, 0) is 12.5 Å². The first-order valence-electron chi connectivity index (χ1n) is 5.46. The van der Waals surface area contributed by atoms with E-state index in [2.05, 4.69) is 37.7 Å². The molecule has 0 aliphatic carbocycles. The van der Waals surface area contributed by atoms with E-state index in [1.807, 2.05) is 25.1 Å². The van der Waals surface area contributed by atoms with Crippen LogP contribution in [-0.2, 0) is 6.54 Å². The minimum absolute atomic E-state index is 0.577. The maximum Gasteiger partial charge on any atom is 0.228 e. The summed E-state index contributed by atoms with van der Waals surface area (Å²) < 4.78 is 0. The van der Waals surface area contributed by atoms with Gasteiger partial charge in [0.25, 0.3) is 0 Å². The maximum absolute atomic E-state index is 4.22. The van der Waals surface area contributed by atoms with Gasteiger partial charge in [-0.1, -0.05) is 30.3 Å². The van der Waals surface area contributed by atoms with Crippen LogP contribution in [0.5, 0.6) is 0 Å². The van der Waals surface area contributed by atoms with Crippen LogP contribution >= 0.6 is 0 Å². The molecule has 0 amide bonds. The van der Waals surface area contributed by atoms with Crippen molar-refractivity contribution in [3.63, 3.8) is 0 Å². The number of aromatic nitrogens is 3. The second-order valence-electron chi connectivity index (χ2n) is 3.62. The highest BCUT2D eigenvalue weighted by Gasteiger charge is 2.01. The van der Waals surface area contributed by atoms with Crippen molar-refractivity contribution in [2.24, 2.45) is 0 Å². The average Bonchev–Trinajstić information content (AvgIpc) is 2.37. The number of rotatable bonds is 4. The Morgan fingerprint density at radius 3 is 2.41 bits per heavy atom. The molecule has 0 aliphatic heterocycles. The first-order valence-corrected chi connectivity index (χ1v) is 5.46. The Morgan fingerprint density at radius 2 is 1.71 bits per heavy atom. The zero-order valence-corrected chi connectivity index (χ0v) is 9.94. The predicted molar refractivity (Wildman–Crippen MR) is 67.9 cm³/mol. The van der Waals surface area contributed by atoms with Crippen molar-refractivity contribution in [1.82, 2.24) is 15.0 Å². The fourth-order valence-corrected chi connectivity index (χ4v) is 1.45. The van der Waals surface area contributed by atoms with Crippen LogP contribution < -0.4 is 10.6 Å². The molecule has 0 radical (unpaired) electrons. The van der Waals surface area contributed by atoms with E-state index in [4.69, 9.17) is 0 Å². The molecule has 5 nitrogen and oxygen atoms in total. The maximum atomic E-state index is 4.22. The average molecular weight is 229 g/mol. The number of aryl methyl sites for hydroxylation is 1. The summed E-state index contributed by atoms with van der Waals surface area (Å²) >= 11 is 0. The van der Waals surface area contributed by atoms with Crippen LogP contribution in [0.3, 0.4) is 0 Å². The topological polar surface area (TPSA) is 62.7 Å². The summed E-state index contributed by atoms with van der Waals surface area (Å²) in [4.78, 5) is 12.6. The van der Waals surface area contributed by atoms with Gasteiger partial charge in [-0.15, -0.1) is 0 Å². The number of hydrogen-bond acceptors (Lipinski definition) is 5. The molecule has 1 aromatic heterocycles. The Bertz CT molecular complexity index is 484. The third-order valence-corrected chi connectivity index (χ3v) is 2.26. The molecule has 0 fully saturated rings. The molecular weight excluding hydrogens is 214 g/mol. The lowest BCUT2D eigenvalue weighted by atomic mass is 10.2. The van der Waals surface area contributed by atoms with Crippen molar-refractivity contribution in [2.45, 2.75) is 13.5 Å². The van der Waals surface area contributed by atoms with Gasteiger partial charge in [0.05, 0.1) is 0 Å². The molecule has 17 heavy (non-hydrogen) atoms. The molecule has 0 unspecified atom stereocenters. The second kappa shape index (κ2) is 5.25. The molecule has 2 rings (SSSR count). The number of anilines is 2. The van der Waals surface area contributed by atoms with E-state index >= 15 is 0 Å². The van der Waals surface area contributed by atoms with Gasteiger partial charge in [0.1, 0.15) is 5.82 Å². The van der Waals surface area contributed by atoms with E-state index in [1.54, 1.807) is 7.05 Å². The van der Waals surface area contributed by atoms with Gasteiger partial charge >= 0.3 is 0 Å². The normalized spacial score (nSPS) is 10.0. The monoisotopic (exact) mass is 229 g/mol. The Labute approximate surface area is 100 Å². The quantitative estimate of drug-likeness (QED) is 0.837. The number of hydrogen-bond donors (Lipinski definition) is 2. The highest BCUT2D eigenvalue weighted by atomic mass is 15.2. The Kier molecular flexibility index (Phi) is 3.49. The van der Waals surface area contributed by atoms with E-state index in [1.165, 1.54) is 5.56 Å². The van der Waals surface area contributed by atoms with Gasteiger partial charge in [0.15, 0.2) is 0 Å². The van der Waals surface area contributed by atoms with Crippen LogP contribution in [0.2, 0.25) is 0 Å². The number of nitrogens with one attached hydrogen (secondary N) is 2. The first kappa shape index (κ1) is 11.3. The number of benzene rings is 1. The van der Waals surface area contributed by atoms with E-state index in [9.17, 15) is 0 Å². The van der Waals surface area contributed by atoms with Gasteiger partial charge in [-0.3, -0.25) is 0 Å². The molecule has 88 valence electrons. The second-order valence-corrected chi connectivity index (χ2v) is 3.62. The smallest absolute Gasteiger partial charge is 0.228 e. The molecule has 0 aliphatic rings. The van der Waals surface area contributed by atoms with Gasteiger partial charge in [0, 0.05) is 13.6 Å². The Morgan fingerprint density at radius 1 is 1.00 bits per heavy atom. The standard InChI is InChI=1S/C12H15N5/c1-9-15-11(13-2)17-12(16-9)14-8-10-6-4-3-5-7-10/h3-7H,8H2,1-2H3,(H2,13,14,15,16,17). The molecule has 0 atom stereocenters. The van der Waals surface area contributed by atoms with Gasteiger partial charge in [0.2, 0.25) is 11.9 Å². The molecule has 0 spiro atoms. The van der Waals surface area contributed by atoms with Crippen LogP contribution in [0.25, 0.3) is 0 Å². The van der Waals surface area contributed by atoms with Crippen LogP contribution in [-0.4, -0.2) is 22.0 Å². The molecule has 1 heterocycles. The van der Waals surface area contributed by atoms with E-state index in [-0.39, 0.29) is 0 Å². The summed E-state index contributed by atoms with van der Waals surface area (Å²) in [6.45, 7) is 2.55. The molecule has 5 heteroatoms. The molecule has 1 aromatic carbocycles. The van der Waals surface area contributed by atoms with E-state index < -0.39 is 0 Å². The Balaban J connectivity index is 2.06. The SMILES string of the molecule is CNc1nc(C)nc(NCc2ccccc2)n1. The molecular formula is C12H15N5. The summed E-state index contributed by atoms with van der Waals surface area (Å²) in [6.07, 6.45) is 0. The fourth-order valence-electron chi connectivity index (χ4n) is 1.45. The van der Waals surface area contributed by atoms with E-state index in [0.29, 0.717) is 24.3 Å². The molecule has 2 N–H and O–H groups in total. The summed E-state index contributed by atoms with van der Waals surface area (Å²) in [5, 5.41) is 6.08. The third-order valence-electron chi connectivity index (χ3n) is 2.26. The lowest BCUT2D eigenvalue weighted by molar-refractivity contribution is 0.955. The largest absolute Gasteiger partial charge is 0.357 e. The summed E-state index contributed by atoms with van der Waals surface area (Å²) in [5.74, 6) is 1.86. The minimum atomic E-state index is 0.577. The summed E-state index contributed by atoms with van der Waals surface area (Å²) in [5.41, 5.74) is 1.19. The van der Waals surface area contributed by atoms with Crippen LogP contribution in [0.15, 0.2) is 30.3 Å². The molecule has 2 aromatic rings. The Hall–Kier alpha value is -2.17. The third kappa shape index (κ3) is 3.14. The minimum Gasteiger partial charge on any atom is -0.357 e. The van der Waals surface area contributed by atoms with E-state index in [0.717, 1.165) is 0 Å². The highest BCUT2D eigenvalue weighted by Crippen LogP contribution is 2.06. The van der Waals surface area contributed by atoms with Crippen LogP contribution in [0.4, 0.5) is 11.9 Å². The predicted octanol–water partition coefficient (Wildman–Crippen LogP) is 1.83. The van der Waals surface area contributed by atoms with Crippen molar-refractivity contribution in [2.75, 3.05) is 17.7 Å². The van der Waals surface area contributed by atoms with Crippen LogP contribution in [0, 0.1) is 6.92 Å². The van der Waals surface area contributed by atoms with Crippen molar-refractivity contribution in [1.29, 1.82) is 0 Å². The zero-order chi connectivity index (χ0) is 12.1. The lowest BCUT2D eigenvalue weighted by Crippen LogP contribution is -2.08. The van der Waals surface area contributed by atoms with Crippen LogP contribution in [0.1, 0.15) is 11.4 Å². The number of nitrogens with zero attached hydrogens (tertiary/aromatic N) is 3. The van der Waals surface area contributed by atoms with Crippen molar-refractivity contribution >= 4 is 11.9 Å². The molecule has 0 saturated carbocycles. The van der Waals surface area contributed by atoms with Gasteiger partial charge in [-0.2, -0.15) is 15.0 Å². The lowest BCUT2D eigenvalue weighted by Gasteiger charge is -2.06. The first-order chi connectivity index (χ1) is 8.28. The molecule has 0 saturated heterocycles. The molecule has 0 bridgehead atoms. The summed E-state index contributed by atoms with van der Waals surface area (Å²) in [6, 6.07) is 10.1. The highest BCUT2D eigenvalue weighted by molar-refractivity contribution is 5.34. The van der Waals surface area contributed by atoms with Gasteiger partial charge in [-0.25, -0.2) is 0 Å². The van der Waals surface area contributed by atoms with Gasteiger partial charge < -0.3 is 10.6 Å².